The van der Waals surface area contributed by atoms with Crippen molar-refractivity contribution in [3.63, 3.8) is 0 Å². The van der Waals surface area contributed by atoms with E-state index in [1.165, 1.54) is 0 Å². The van der Waals surface area contributed by atoms with Gasteiger partial charge in [-0.05, 0) is 45.2 Å². The van der Waals surface area contributed by atoms with Gasteiger partial charge in [0.25, 0.3) is 0 Å². The van der Waals surface area contributed by atoms with Crippen molar-refractivity contribution in [1.82, 2.24) is 0 Å². The van der Waals surface area contributed by atoms with Crippen LogP contribution >= 0.6 is 0 Å². The van der Waals surface area contributed by atoms with Gasteiger partial charge in [0.15, 0.2) is 0 Å². The zero-order valence-corrected chi connectivity index (χ0v) is 13.4. The minimum Gasteiger partial charge on any atom is -0.384 e. The fraction of sp³-hybridized carbons (Fsp3) is 0.562. The van der Waals surface area contributed by atoms with Gasteiger partial charge in [0.2, 0.25) is 5.91 Å². The summed E-state index contributed by atoms with van der Waals surface area (Å²) in [5.74, 6) is 0.0457. The highest BCUT2D eigenvalue weighted by Crippen LogP contribution is 2.42. The Hall–Kier alpha value is -1.33. The molecule has 3 rings (SSSR count). The third-order valence-corrected chi connectivity index (χ3v) is 4.89. The number of fused-ring (bicyclic) bond motifs is 1. The number of carbonyl (C=O) groups is 1. The molecule has 0 bridgehead atoms. The number of rotatable bonds is 2. The van der Waals surface area contributed by atoms with E-state index < -0.39 is 18.5 Å². The highest BCUT2D eigenvalue weighted by atomic mass is 16.7. The number of nitrogens with zero attached hydrogens (tertiary/aromatic N) is 1. The van der Waals surface area contributed by atoms with Crippen LogP contribution in [0.1, 0.15) is 45.7 Å². The lowest BCUT2D eigenvalue weighted by Gasteiger charge is -2.32. The number of hydrogen-bond donors (Lipinski definition) is 0. The van der Waals surface area contributed by atoms with Crippen LogP contribution in [-0.4, -0.2) is 24.4 Å². The fourth-order valence-electron chi connectivity index (χ4n) is 2.90. The molecule has 1 aromatic rings. The summed E-state index contributed by atoms with van der Waals surface area (Å²) in [6.07, 6.45) is 1.31. The first-order chi connectivity index (χ1) is 9.77. The van der Waals surface area contributed by atoms with Crippen LogP contribution in [0.2, 0.25) is 0 Å². The molecule has 1 amide bonds. The summed E-state index contributed by atoms with van der Waals surface area (Å²) in [6, 6.07) is 6.09. The van der Waals surface area contributed by atoms with Gasteiger partial charge < -0.3 is 14.1 Å². The van der Waals surface area contributed by atoms with E-state index in [0.29, 0.717) is 6.42 Å². The third kappa shape index (κ3) is 2.10. The Balaban J connectivity index is 2.01. The lowest BCUT2D eigenvalue weighted by atomic mass is 9.90. The van der Waals surface area contributed by atoms with Crippen molar-refractivity contribution >= 4 is 18.8 Å². The zero-order valence-electron chi connectivity index (χ0n) is 13.4. The maximum Gasteiger partial charge on any atom is 0.601 e. The lowest BCUT2D eigenvalue weighted by molar-refractivity contribution is -0.116. The number of amides is 1. The second kappa shape index (κ2) is 4.58. The van der Waals surface area contributed by atoms with E-state index in [4.69, 9.17) is 9.31 Å². The Morgan fingerprint density at radius 1 is 1.19 bits per heavy atom. The molecular formula is C16H22BNO3. The van der Waals surface area contributed by atoms with Gasteiger partial charge in [-0.3, -0.25) is 4.79 Å². The van der Waals surface area contributed by atoms with Gasteiger partial charge in [-0.1, -0.05) is 25.1 Å². The molecule has 2 heterocycles. The summed E-state index contributed by atoms with van der Waals surface area (Å²) in [5, 5.41) is 0. The molecule has 0 aromatic heterocycles. The molecule has 112 valence electrons. The minimum absolute atomic E-state index is 0.0457. The predicted molar refractivity (Wildman–Crippen MR) is 83.1 cm³/mol. The van der Waals surface area contributed by atoms with E-state index in [1.54, 1.807) is 4.81 Å². The summed E-state index contributed by atoms with van der Waals surface area (Å²) in [5.41, 5.74) is 2.31. The molecule has 0 aliphatic carbocycles. The quantitative estimate of drug-likeness (QED) is 0.785. The van der Waals surface area contributed by atoms with Gasteiger partial charge >= 0.3 is 7.25 Å². The smallest absolute Gasteiger partial charge is 0.384 e. The molecular weight excluding hydrogens is 265 g/mol. The number of para-hydroxylation sites is 1. The van der Waals surface area contributed by atoms with E-state index in [0.717, 1.165) is 23.2 Å². The Kier molecular flexibility index (Phi) is 3.19. The van der Waals surface area contributed by atoms with Crippen LogP contribution in [-0.2, 0) is 26.9 Å². The average molecular weight is 287 g/mol. The van der Waals surface area contributed by atoms with E-state index in [2.05, 4.69) is 13.0 Å². The van der Waals surface area contributed by atoms with Crippen molar-refractivity contribution in [2.24, 2.45) is 0 Å². The summed E-state index contributed by atoms with van der Waals surface area (Å²) < 4.78 is 12.1. The number of hydrogen-bond acceptors (Lipinski definition) is 3. The second-order valence-corrected chi connectivity index (χ2v) is 6.78. The molecule has 2 aliphatic rings. The molecule has 4 nitrogen and oxygen atoms in total. The van der Waals surface area contributed by atoms with E-state index in [1.807, 2.05) is 39.8 Å². The van der Waals surface area contributed by atoms with Gasteiger partial charge in [-0.25, -0.2) is 0 Å². The highest BCUT2D eigenvalue weighted by molar-refractivity contribution is 6.58. The molecule has 0 atom stereocenters. The Morgan fingerprint density at radius 2 is 1.81 bits per heavy atom. The molecule has 1 aromatic carbocycles. The molecule has 1 saturated heterocycles. The van der Waals surface area contributed by atoms with Crippen LogP contribution in [0.5, 0.6) is 0 Å². The predicted octanol–water partition coefficient (Wildman–Crippen LogP) is 2.73. The molecule has 1 fully saturated rings. The SMILES string of the molecule is CCc1cccc2c1N(B1OC(C)(C)C(C)(C)O1)C(=O)C2. The Labute approximate surface area is 126 Å². The van der Waals surface area contributed by atoms with Crippen LogP contribution in [0.4, 0.5) is 5.69 Å². The number of carbonyl (C=O) groups excluding carboxylic acids is 1. The summed E-state index contributed by atoms with van der Waals surface area (Å²) in [6.45, 7) is 10.1. The van der Waals surface area contributed by atoms with Gasteiger partial charge in [0, 0.05) is 5.69 Å². The van der Waals surface area contributed by atoms with Gasteiger partial charge in [-0.2, -0.15) is 0 Å². The zero-order chi connectivity index (χ0) is 15.4. The molecule has 0 saturated carbocycles. The lowest BCUT2D eigenvalue weighted by Crippen LogP contribution is -2.44. The van der Waals surface area contributed by atoms with Crippen LogP contribution in [0.3, 0.4) is 0 Å². The van der Waals surface area contributed by atoms with Crippen molar-refractivity contribution in [3.05, 3.63) is 29.3 Å². The van der Waals surface area contributed by atoms with Crippen LogP contribution in [0.25, 0.3) is 0 Å². The molecule has 0 spiro atoms. The first kappa shape index (κ1) is 14.6. The van der Waals surface area contributed by atoms with Crippen LogP contribution in [0, 0.1) is 0 Å². The second-order valence-electron chi connectivity index (χ2n) is 6.78. The first-order valence-corrected chi connectivity index (χ1v) is 7.55. The summed E-state index contributed by atoms with van der Waals surface area (Å²) in [7, 11) is -0.642. The number of anilines is 1. The van der Waals surface area contributed by atoms with Gasteiger partial charge in [-0.15, -0.1) is 0 Å². The minimum atomic E-state index is -0.642. The molecule has 0 radical (unpaired) electrons. The highest BCUT2D eigenvalue weighted by Gasteiger charge is 2.56. The largest absolute Gasteiger partial charge is 0.601 e. The van der Waals surface area contributed by atoms with Crippen LogP contribution in [0.15, 0.2) is 18.2 Å². The van der Waals surface area contributed by atoms with Crippen molar-refractivity contribution in [2.75, 3.05) is 4.81 Å². The van der Waals surface area contributed by atoms with Crippen molar-refractivity contribution in [3.8, 4) is 0 Å². The van der Waals surface area contributed by atoms with Crippen molar-refractivity contribution in [1.29, 1.82) is 0 Å². The molecule has 0 unspecified atom stereocenters. The molecule has 21 heavy (non-hydrogen) atoms. The van der Waals surface area contributed by atoms with Crippen LogP contribution < -0.4 is 4.81 Å². The fourth-order valence-corrected chi connectivity index (χ4v) is 2.90. The number of benzene rings is 1. The Bertz CT molecular complexity index is 581. The standard InChI is InChI=1S/C16H22BNO3/c1-6-11-8-7-9-12-10-13(19)18(14(11)12)17-20-15(2,3)16(4,5)21-17/h7-9H,6,10H2,1-5H3. The topological polar surface area (TPSA) is 38.8 Å². The van der Waals surface area contributed by atoms with Crippen molar-refractivity contribution < 1.29 is 14.1 Å². The van der Waals surface area contributed by atoms with Gasteiger partial charge in [0.1, 0.15) is 0 Å². The number of aryl methyl sites for hydroxylation is 1. The average Bonchev–Trinajstić information content (AvgIpc) is 2.82. The first-order valence-electron chi connectivity index (χ1n) is 7.55. The molecule has 0 N–H and O–H groups in total. The van der Waals surface area contributed by atoms with Crippen molar-refractivity contribution in [2.45, 2.75) is 58.7 Å². The normalized spacial score (nSPS) is 22.8. The van der Waals surface area contributed by atoms with E-state index in [-0.39, 0.29) is 5.91 Å². The van der Waals surface area contributed by atoms with E-state index in [9.17, 15) is 4.79 Å². The third-order valence-electron chi connectivity index (χ3n) is 4.89. The summed E-state index contributed by atoms with van der Waals surface area (Å²) in [4.78, 5) is 14.2. The van der Waals surface area contributed by atoms with Gasteiger partial charge in [0.05, 0.1) is 17.6 Å². The maximum atomic E-state index is 12.5. The Morgan fingerprint density at radius 3 is 2.38 bits per heavy atom. The monoisotopic (exact) mass is 287 g/mol. The van der Waals surface area contributed by atoms with E-state index >= 15 is 0 Å². The molecule has 5 heteroatoms. The molecule has 2 aliphatic heterocycles. The maximum absolute atomic E-state index is 12.5. The summed E-state index contributed by atoms with van der Waals surface area (Å²) >= 11 is 0.